The Labute approximate surface area is 177 Å². The molecule has 1 heterocycles. The van der Waals surface area contributed by atoms with Gasteiger partial charge in [0.25, 0.3) is 11.8 Å². The molecule has 9 heteroatoms. The van der Waals surface area contributed by atoms with Gasteiger partial charge in [-0.05, 0) is 35.2 Å². The van der Waals surface area contributed by atoms with E-state index in [0.29, 0.717) is 17.3 Å². The fourth-order valence-corrected chi connectivity index (χ4v) is 3.24. The molecule has 3 N–H and O–H groups in total. The zero-order valence-corrected chi connectivity index (χ0v) is 16.9. The SMILES string of the molecule is O=C(NO)Sc1cc(OCCNC(=O)c2ccccc2CCc2ccccc2)no1. The molecule has 3 rings (SSSR count). The molecule has 0 aliphatic heterocycles. The predicted molar refractivity (Wildman–Crippen MR) is 111 cm³/mol. The highest BCUT2D eigenvalue weighted by Gasteiger charge is 2.12. The molecule has 0 saturated carbocycles. The molecule has 0 saturated heterocycles. The quantitative estimate of drug-likeness (QED) is 0.207. The number of nitrogens with zero attached hydrogens (tertiary/aromatic N) is 1. The average molecular weight is 427 g/mol. The van der Waals surface area contributed by atoms with Crippen molar-refractivity contribution in [3.63, 3.8) is 0 Å². The number of carbonyl (C=O) groups is 2. The van der Waals surface area contributed by atoms with Crippen LogP contribution in [0.25, 0.3) is 0 Å². The first-order valence-electron chi connectivity index (χ1n) is 9.27. The Bertz CT molecular complexity index is 978. The number of thioether (sulfide) groups is 1. The van der Waals surface area contributed by atoms with Crippen molar-refractivity contribution in [2.24, 2.45) is 0 Å². The Morgan fingerprint density at radius 3 is 2.63 bits per heavy atom. The molecule has 0 bridgehead atoms. The van der Waals surface area contributed by atoms with E-state index < -0.39 is 5.24 Å². The second kappa shape index (κ2) is 11.0. The molecule has 1 aromatic heterocycles. The predicted octanol–water partition coefficient (Wildman–Crippen LogP) is 3.46. The summed E-state index contributed by atoms with van der Waals surface area (Å²) in [7, 11) is 0. The van der Waals surface area contributed by atoms with Gasteiger partial charge in [0.2, 0.25) is 5.09 Å². The van der Waals surface area contributed by atoms with Gasteiger partial charge in [-0.15, -0.1) is 0 Å². The highest BCUT2D eigenvalue weighted by Crippen LogP contribution is 2.22. The molecule has 0 aliphatic rings. The molecule has 0 atom stereocenters. The Hall–Kier alpha value is -3.30. The summed E-state index contributed by atoms with van der Waals surface area (Å²) in [6, 6.07) is 19.1. The van der Waals surface area contributed by atoms with Crippen molar-refractivity contribution in [3.05, 3.63) is 77.4 Å². The fraction of sp³-hybridized carbons (Fsp3) is 0.190. The number of aromatic nitrogens is 1. The van der Waals surface area contributed by atoms with Gasteiger partial charge in [-0.25, -0.2) is 5.48 Å². The standard InChI is InChI=1S/C21H21N3O5S/c25-20(22-12-13-28-18-14-19(29-24-18)30-21(26)23-27)17-9-5-4-8-16(17)11-10-15-6-2-1-3-7-15/h1-9,14,27H,10-13H2,(H,22,25)(H,23,26). The smallest absolute Gasteiger partial charge is 0.310 e. The van der Waals surface area contributed by atoms with Crippen molar-refractivity contribution < 1.29 is 24.1 Å². The van der Waals surface area contributed by atoms with Crippen LogP contribution in [0.5, 0.6) is 5.88 Å². The number of aryl methyl sites for hydroxylation is 2. The molecule has 0 spiro atoms. The number of nitrogens with one attached hydrogen (secondary N) is 2. The summed E-state index contributed by atoms with van der Waals surface area (Å²) in [5.41, 5.74) is 4.33. The Morgan fingerprint density at radius 1 is 1.07 bits per heavy atom. The molecular weight excluding hydrogens is 406 g/mol. The zero-order chi connectivity index (χ0) is 21.2. The molecule has 0 unspecified atom stereocenters. The van der Waals surface area contributed by atoms with Gasteiger partial charge in [-0.3, -0.25) is 14.8 Å². The third-order valence-electron chi connectivity index (χ3n) is 4.18. The topological polar surface area (TPSA) is 114 Å². The largest absolute Gasteiger partial charge is 0.474 e. The van der Waals surface area contributed by atoms with Crippen LogP contribution in [0, 0.1) is 0 Å². The van der Waals surface area contributed by atoms with E-state index in [2.05, 4.69) is 22.6 Å². The minimum Gasteiger partial charge on any atom is -0.474 e. The van der Waals surface area contributed by atoms with Crippen LogP contribution < -0.4 is 15.5 Å². The lowest BCUT2D eigenvalue weighted by Gasteiger charge is -2.10. The van der Waals surface area contributed by atoms with Crippen molar-refractivity contribution in [2.75, 3.05) is 13.2 Å². The lowest BCUT2D eigenvalue weighted by atomic mass is 9.99. The normalized spacial score (nSPS) is 10.4. The minimum absolute atomic E-state index is 0.168. The molecule has 2 aromatic carbocycles. The molecule has 156 valence electrons. The average Bonchev–Trinajstić information content (AvgIpc) is 3.23. The third-order valence-corrected chi connectivity index (χ3v) is 4.85. The molecule has 3 aromatic rings. The van der Waals surface area contributed by atoms with Crippen molar-refractivity contribution in [1.29, 1.82) is 0 Å². The number of rotatable bonds is 9. The van der Waals surface area contributed by atoms with E-state index in [1.165, 1.54) is 17.1 Å². The van der Waals surface area contributed by atoms with Crippen LogP contribution in [-0.2, 0) is 12.8 Å². The van der Waals surface area contributed by atoms with Gasteiger partial charge in [-0.1, -0.05) is 48.5 Å². The van der Waals surface area contributed by atoms with Crippen LogP contribution in [-0.4, -0.2) is 34.7 Å². The van der Waals surface area contributed by atoms with E-state index in [1.54, 1.807) is 0 Å². The summed E-state index contributed by atoms with van der Waals surface area (Å²) in [6.45, 7) is 0.457. The Morgan fingerprint density at radius 2 is 1.83 bits per heavy atom. The van der Waals surface area contributed by atoms with Crippen molar-refractivity contribution in [2.45, 2.75) is 17.9 Å². The van der Waals surface area contributed by atoms with E-state index in [4.69, 9.17) is 14.5 Å². The fourth-order valence-electron chi connectivity index (χ4n) is 2.77. The molecule has 0 fully saturated rings. The molecule has 30 heavy (non-hydrogen) atoms. The first-order chi connectivity index (χ1) is 14.7. The second-order valence-electron chi connectivity index (χ2n) is 6.23. The number of hydroxylamine groups is 1. The van der Waals surface area contributed by atoms with Crippen LogP contribution in [0.2, 0.25) is 0 Å². The van der Waals surface area contributed by atoms with Gasteiger partial charge >= 0.3 is 5.24 Å². The highest BCUT2D eigenvalue weighted by molar-refractivity contribution is 8.13. The summed E-state index contributed by atoms with van der Waals surface area (Å²) in [6.07, 6.45) is 1.62. The first kappa shape index (κ1) is 21.4. The van der Waals surface area contributed by atoms with Crippen LogP contribution in [0.3, 0.4) is 0 Å². The highest BCUT2D eigenvalue weighted by atomic mass is 32.2. The molecule has 2 amide bonds. The number of hydrogen-bond acceptors (Lipinski definition) is 7. The zero-order valence-electron chi connectivity index (χ0n) is 16.0. The van der Waals surface area contributed by atoms with E-state index in [0.717, 1.165) is 18.4 Å². The number of ether oxygens (including phenoxy) is 1. The molecular formula is C21H21N3O5S. The Kier molecular flexibility index (Phi) is 7.87. The van der Waals surface area contributed by atoms with Gasteiger partial charge in [0.05, 0.1) is 12.6 Å². The van der Waals surface area contributed by atoms with E-state index in [1.807, 2.05) is 42.5 Å². The van der Waals surface area contributed by atoms with E-state index in [9.17, 15) is 9.59 Å². The van der Waals surface area contributed by atoms with Crippen molar-refractivity contribution >= 4 is 22.9 Å². The number of hydrogen-bond donors (Lipinski definition) is 3. The van der Waals surface area contributed by atoms with Gasteiger partial charge in [0.15, 0.2) is 0 Å². The van der Waals surface area contributed by atoms with Gasteiger partial charge in [-0.2, -0.15) is 0 Å². The maximum atomic E-state index is 12.6. The number of carbonyl (C=O) groups excluding carboxylic acids is 2. The Balaban J connectivity index is 1.46. The number of benzene rings is 2. The van der Waals surface area contributed by atoms with Gasteiger partial charge in [0, 0.05) is 17.3 Å². The maximum Gasteiger partial charge on any atom is 0.310 e. The van der Waals surface area contributed by atoms with Crippen LogP contribution in [0.4, 0.5) is 4.79 Å². The first-order valence-corrected chi connectivity index (χ1v) is 10.1. The van der Waals surface area contributed by atoms with Crippen LogP contribution >= 0.6 is 11.8 Å². The lowest BCUT2D eigenvalue weighted by Crippen LogP contribution is -2.29. The molecule has 0 aliphatic carbocycles. The monoisotopic (exact) mass is 427 g/mol. The number of amides is 2. The molecule has 8 nitrogen and oxygen atoms in total. The van der Waals surface area contributed by atoms with Crippen molar-refractivity contribution in [1.82, 2.24) is 16.0 Å². The third kappa shape index (κ3) is 6.36. The van der Waals surface area contributed by atoms with Crippen molar-refractivity contribution in [3.8, 4) is 5.88 Å². The summed E-state index contributed by atoms with van der Waals surface area (Å²) in [5, 5.41) is 14.4. The van der Waals surface area contributed by atoms with Crippen LogP contribution in [0.1, 0.15) is 21.5 Å². The van der Waals surface area contributed by atoms with E-state index in [-0.39, 0.29) is 30.0 Å². The summed E-state index contributed by atoms with van der Waals surface area (Å²) in [4.78, 5) is 23.6. The second-order valence-corrected chi connectivity index (χ2v) is 7.21. The lowest BCUT2D eigenvalue weighted by molar-refractivity contribution is 0.0945. The summed E-state index contributed by atoms with van der Waals surface area (Å²) < 4.78 is 10.3. The van der Waals surface area contributed by atoms with E-state index >= 15 is 0 Å². The van der Waals surface area contributed by atoms with Gasteiger partial charge in [0.1, 0.15) is 6.61 Å². The molecule has 0 radical (unpaired) electrons. The maximum absolute atomic E-state index is 12.6. The van der Waals surface area contributed by atoms with Crippen LogP contribution in [0.15, 0.2) is 70.3 Å². The summed E-state index contributed by atoms with van der Waals surface area (Å²) >= 11 is 0.631. The summed E-state index contributed by atoms with van der Waals surface area (Å²) in [5.74, 6) is 0.0130. The van der Waals surface area contributed by atoms with Gasteiger partial charge < -0.3 is 14.6 Å². The minimum atomic E-state index is -0.698.